The van der Waals surface area contributed by atoms with Gasteiger partial charge in [-0.15, -0.1) is 0 Å². The van der Waals surface area contributed by atoms with Gasteiger partial charge in [-0.3, -0.25) is 4.79 Å². The van der Waals surface area contributed by atoms with Crippen molar-refractivity contribution in [3.63, 3.8) is 0 Å². The number of sulfonamides is 1. The molecule has 0 atom stereocenters. The zero-order valence-electron chi connectivity index (χ0n) is 15.1. The number of rotatable bonds is 5. The molecule has 1 amide bonds. The molecule has 0 saturated carbocycles. The van der Waals surface area contributed by atoms with Gasteiger partial charge in [0.05, 0.1) is 23.8 Å². The Hall–Kier alpha value is -2.33. The molecular weight excluding hydrogens is 404 g/mol. The van der Waals surface area contributed by atoms with Crippen LogP contribution in [0, 0.1) is 0 Å². The molecule has 148 valence electrons. The monoisotopic (exact) mass is 422 g/mol. The van der Waals surface area contributed by atoms with Gasteiger partial charge in [-0.2, -0.15) is 9.41 Å². The van der Waals surface area contributed by atoms with E-state index >= 15 is 0 Å². The Morgan fingerprint density at radius 3 is 2.68 bits per heavy atom. The van der Waals surface area contributed by atoms with Crippen molar-refractivity contribution in [3.8, 4) is 0 Å². The summed E-state index contributed by atoms with van der Waals surface area (Å²) < 4.78 is 32.0. The molecule has 2 aromatic rings. The first kappa shape index (κ1) is 20.4. The van der Waals surface area contributed by atoms with Crippen LogP contribution in [-0.4, -0.2) is 55.6 Å². The number of hydrogen-bond donors (Lipinski definition) is 1. The molecule has 0 bridgehead atoms. The number of ether oxygens (including phenoxy) is 1. The fourth-order valence-corrected chi connectivity index (χ4v) is 4.25. The zero-order valence-corrected chi connectivity index (χ0v) is 16.7. The van der Waals surface area contributed by atoms with Crippen molar-refractivity contribution in [3.05, 3.63) is 58.9 Å². The van der Waals surface area contributed by atoms with Gasteiger partial charge < -0.3 is 4.74 Å². The quantitative estimate of drug-likeness (QED) is 0.450. The summed E-state index contributed by atoms with van der Waals surface area (Å²) in [6.45, 7) is 3.00. The first-order valence-electron chi connectivity index (χ1n) is 8.52. The number of amides is 1. The van der Waals surface area contributed by atoms with Crippen LogP contribution in [0.4, 0.5) is 0 Å². The predicted molar refractivity (Wildman–Crippen MR) is 105 cm³/mol. The smallest absolute Gasteiger partial charge is 0.271 e. The zero-order chi connectivity index (χ0) is 20.1. The molecule has 1 saturated heterocycles. The minimum atomic E-state index is -3.68. The van der Waals surface area contributed by atoms with E-state index < -0.39 is 15.9 Å². The Bertz CT molecular complexity index is 1000. The van der Waals surface area contributed by atoms with Gasteiger partial charge in [0.2, 0.25) is 10.0 Å². The maximum Gasteiger partial charge on any atom is 0.271 e. The maximum atomic E-state index is 12.7. The number of morpholine rings is 1. The lowest BCUT2D eigenvalue weighted by Crippen LogP contribution is -2.40. The van der Waals surface area contributed by atoms with Gasteiger partial charge in [0, 0.05) is 30.4 Å². The Balaban J connectivity index is 1.76. The number of hydrogen-bond acceptors (Lipinski definition) is 6. The molecule has 0 aliphatic carbocycles. The lowest BCUT2D eigenvalue weighted by atomic mass is 10.2. The molecule has 28 heavy (non-hydrogen) atoms. The average molecular weight is 423 g/mol. The van der Waals surface area contributed by atoms with E-state index in [0.717, 1.165) is 0 Å². The molecule has 1 aliphatic heterocycles. The highest BCUT2D eigenvalue weighted by molar-refractivity contribution is 7.89. The highest BCUT2D eigenvalue weighted by Gasteiger charge is 2.26. The maximum absolute atomic E-state index is 12.7. The molecule has 0 unspecified atom stereocenters. The van der Waals surface area contributed by atoms with Crippen LogP contribution in [0.3, 0.4) is 0 Å². The Morgan fingerprint density at radius 1 is 1.21 bits per heavy atom. The van der Waals surface area contributed by atoms with Crippen molar-refractivity contribution in [1.29, 1.82) is 0 Å². The van der Waals surface area contributed by atoms with E-state index in [1.54, 1.807) is 25.3 Å². The minimum Gasteiger partial charge on any atom is -0.379 e. The molecule has 0 spiro atoms. The molecule has 1 fully saturated rings. The van der Waals surface area contributed by atoms with Crippen molar-refractivity contribution in [2.45, 2.75) is 11.8 Å². The van der Waals surface area contributed by atoms with Crippen molar-refractivity contribution in [2.75, 3.05) is 26.3 Å². The number of pyridine rings is 1. The van der Waals surface area contributed by atoms with E-state index in [0.29, 0.717) is 29.6 Å². The first-order chi connectivity index (χ1) is 13.4. The molecule has 8 nitrogen and oxygen atoms in total. The average Bonchev–Trinajstić information content (AvgIpc) is 2.72. The number of benzene rings is 1. The van der Waals surface area contributed by atoms with E-state index in [1.807, 2.05) is 0 Å². The van der Waals surface area contributed by atoms with Crippen LogP contribution in [0.15, 0.2) is 52.6 Å². The van der Waals surface area contributed by atoms with Crippen LogP contribution in [0.1, 0.15) is 22.8 Å². The summed E-state index contributed by atoms with van der Waals surface area (Å²) in [6, 6.07) is 9.21. The van der Waals surface area contributed by atoms with Crippen LogP contribution in [0.5, 0.6) is 0 Å². The summed E-state index contributed by atoms with van der Waals surface area (Å²) >= 11 is 5.85. The van der Waals surface area contributed by atoms with Gasteiger partial charge in [-0.25, -0.2) is 18.8 Å². The Morgan fingerprint density at radius 2 is 1.96 bits per heavy atom. The third-order valence-corrected chi connectivity index (χ3v) is 6.27. The number of nitrogens with one attached hydrogen (secondary N) is 1. The lowest BCUT2D eigenvalue weighted by molar-refractivity contribution is 0.0730. The van der Waals surface area contributed by atoms with Crippen LogP contribution < -0.4 is 5.43 Å². The molecule has 2 heterocycles. The number of aromatic nitrogens is 1. The molecular formula is C18H19ClN4O4S. The number of nitrogens with zero attached hydrogens (tertiary/aromatic N) is 3. The summed E-state index contributed by atoms with van der Waals surface area (Å²) in [5, 5.41) is 4.37. The van der Waals surface area contributed by atoms with Gasteiger partial charge in [0.25, 0.3) is 5.91 Å². The van der Waals surface area contributed by atoms with Gasteiger partial charge in [-0.1, -0.05) is 17.7 Å². The fourth-order valence-electron chi connectivity index (χ4n) is 2.63. The third-order valence-electron chi connectivity index (χ3n) is 4.17. The topological polar surface area (TPSA) is 101 Å². The standard InChI is InChI=1S/C18H19ClN4O4S/c1-13(14-5-6-20-17(19)12-14)21-22-18(24)15-3-2-4-16(11-15)28(25,26)23-7-9-27-10-8-23/h2-6,11-12H,7-10H2,1H3,(H,22,24)/b21-13-. The second-order valence-corrected chi connectivity index (χ2v) is 8.37. The summed E-state index contributed by atoms with van der Waals surface area (Å²) in [5.74, 6) is -0.515. The molecule has 1 N–H and O–H groups in total. The first-order valence-corrected chi connectivity index (χ1v) is 10.3. The van der Waals surface area contributed by atoms with Crippen molar-refractivity contribution in [1.82, 2.24) is 14.7 Å². The molecule has 1 aromatic heterocycles. The van der Waals surface area contributed by atoms with Gasteiger partial charge in [0.15, 0.2) is 0 Å². The van der Waals surface area contributed by atoms with E-state index in [2.05, 4.69) is 15.5 Å². The van der Waals surface area contributed by atoms with E-state index in [9.17, 15) is 13.2 Å². The van der Waals surface area contributed by atoms with E-state index in [4.69, 9.17) is 16.3 Å². The Labute approximate surface area is 168 Å². The van der Waals surface area contributed by atoms with Gasteiger partial charge >= 0.3 is 0 Å². The highest BCUT2D eigenvalue weighted by Crippen LogP contribution is 2.18. The second-order valence-electron chi connectivity index (χ2n) is 6.05. The molecule has 10 heteroatoms. The van der Waals surface area contributed by atoms with Crippen LogP contribution in [0.25, 0.3) is 0 Å². The van der Waals surface area contributed by atoms with Crippen molar-refractivity contribution in [2.24, 2.45) is 5.10 Å². The minimum absolute atomic E-state index is 0.0590. The van der Waals surface area contributed by atoms with Crippen molar-refractivity contribution < 1.29 is 17.9 Å². The normalized spacial score (nSPS) is 16.0. The third kappa shape index (κ3) is 4.74. The second kappa shape index (κ2) is 8.78. The van der Waals surface area contributed by atoms with Crippen LogP contribution in [0.2, 0.25) is 5.15 Å². The van der Waals surface area contributed by atoms with Gasteiger partial charge in [-0.05, 0) is 37.3 Å². The molecule has 1 aromatic carbocycles. The predicted octanol–water partition coefficient (Wildman–Crippen LogP) is 1.91. The highest BCUT2D eigenvalue weighted by atomic mass is 35.5. The van der Waals surface area contributed by atoms with Gasteiger partial charge in [0.1, 0.15) is 5.15 Å². The summed E-state index contributed by atoms with van der Waals surface area (Å²) in [5.41, 5.74) is 3.87. The number of carbonyl (C=O) groups excluding carboxylic acids is 1. The molecule has 1 aliphatic rings. The van der Waals surface area contributed by atoms with E-state index in [1.165, 1.54) is 28.6 Å². The summed E-state index contributed by atoms with van der Waals surface area (Å²) in [6.07, 6.45) is 1.54. The fraction of sp³-hybridized carbons (Fsp3) is 0.278. The molecule has 0 radical (unpaired) electrons. The number of hydrazone groups is 1. The van der Waals surface area contributed by atoms with Crippen molar-refractivity contribution >= 4 is 33.2 Å². The largest absolute Gasteiger partial charge is 0.379 e. The number of halogens is 1. The molecule has 3 rings (SSSR count). The van der Waals surface area contributed by atoms with Crippen LogP contribution in [-0.2, 0) is 14.8 Å². The summed E-state index contributed by atoms with van der Waals surface area (Å²) in [4.78, 5) is 16.4. The Kier molecular flexibility index (Phi) is 6.40. The van der Waals surface area contributed by atoms with E-state index in [-0.39, 0.29) is 23.5 Å². The summed E-state index contributed by atoms with van der Waals surface area (Å²) in [7, 11) is -3.68. The lowest BCUT2D eigenvalue weighted by Gasteiger charge is -2.26. The SMILES string of the molecule is C/C(=N/NC(=O)c1cccc(S(=O)(=O)N2CCOCC2)c1)c1ccnc(Cl)c1. The van der Waals surface area contributed by atoms with Crippen LogP contribution >= 0.6 is 11.6 Å². The number of carbonyl (C=O) groups is 1.